The van der Waals surface area contributed by atoms with Gasteiger partial charge in [0.05, 0.1) is 11.6 Å². The van der Waals surface area contributed by atoms with E-state index in [1.807, 2.05) is 36.4 Å². The normalized spacial score (nSPS) is 10.2. The molecule has 0 saturated heterocycles. The highest BCUT2D eigenvalue weighted by molar-refractivity contribution is 9.10. The van der Waals surface area contributed by atoms with E-state index in [0.29, 0.717) is 15.8 Å². The van der Waals surface area contributed by atoms with Gasteiger partial charge in [-0.2, -0.15) is 0 Å². The largest absolute Gasteiger partial charge is 0.496 e. The molecule has 3 rings (SSSR count). The van der Waals surface area contributed by atoms with Gasteiger partial charge in [-0.3, -0.25) is 15.1 Å². The maximum absolute atomic E-state index is 12.3. The van der Waals surface area contributed by atoms with E-state index in [1.54, 1.807) is 37.7 Å². The van der Waals surface area contributed by atoms with Crippen LogP contribution in [0.2, 0.25) is 0 Å². The summed E-state index contributed by atoms with van der Waals surface area (Å²) in [4.78, 5) is 16.4. The maximum Gasteiger partial charge on any atom is 0.257 e. The zero-order chi connectivity index (χ0) is 19.9. The Balaban J connectivity index is 1.57. The highest BCUT2D eigenvalue weighted by Crippen LogP contribution is 2.25. The molecule has 0 radical (unpaired) electrons. The number of ether oxygens (including phenoxy) is 1. The van der Waals surface area contributed by atoms with Crippen LogP contribution in [0, 0.1) is 0 Å². The van der Waals surface area contributed by atoms with E-state index in [0.717, 1.165) is 12.1 Å². The molecule has 0 spiro atoms. The summed E-state index contributed by atoms with van der Waals surface area (Å²) in [6.45, 7) is 0. The van der Waals surface area contributed by atoms with Gasteiger partial charge in [0, 0.05) is 23.6 Å². The van der Waals surface area contributed by atoms with Gasteiger partial charge in [-0.05, 0) is 88.2 Å². The van der Waals surface area contributed by atoms with E-state index in [9.17, 15) is 4.79 Å². The van der Waals surface area contributed by atoms with Crippen LogP contribution in [0.1, 0.15) is 21.5 Å². The average molecular weight is 456 g/mol. The number of thiocarbonyl (C=S) groups is 1. The van der Waals surface area contributed by atoms with Crippen LogP contribution in [-0.2, 0) is 6.42 Å². The molecule has 0 unspecified atom stereocenters. The number of anilines is 1. The van der Waals surface area contributed by atoms with Gasteiger partial charge in [0.15, 0.2) is 5.11 Å². The first-order valence-corrected chi connectivity index (χ1v) is 9.69. The van der Waals surface area contributed by atoms with Crippen LogP contribution in [0.3, 0.4) is 0 Å². The van der Waals surface area contributed by atoms with Crippen molar-refractivity contribution in [1.82, 2.24) is 10.3 Å². The predicted molar refractivity (Wildman–Crippen MR) is 118 cm³/mol. The van der Waals surface area contributed by atoms with E-state index in [4.69, 9.17) is 17.0 Å². The van der Waals surface area contributed by atoms with Gasteiger partial charge in [0.2, 0.25) is 0 Å². The first kappa shape index (κ1) is 20.0. The van der Waals surface area contributed by atoms with Crippen molar-refractivity contribution < 1.29 is 9.53 Å². The van der Waals surface area contributed by atoms with Crippen molar-refractivity contribution in [3.8, 4) is 5.75 Å². The Labute approximate surface area is 177 Å². The molecule has 0 aliphatic carbocycles. The molecule has 0 aliphatic rings. The molecule has 0 bridgehead atoms. The highest BCUT2D eigenvalue weighted by atomic mass is 79.9. The predicted octanol–water partition coefficient (Wildman–Crippen LogP) is 4.57. The molecule has 5 nitrogen and oxygen atoms in total. The summed E-state index contributed by atoms with van der Waals surface area (Å²) in [7, 11) is 1.57. The molecule has 0 saturated carbocycles. The second-order valence-corrected chi connectivity index (χ2v) is 7.25. The number of hydrogen-bond acceptors (Lipinski definition) is 4. The Hall–Kier alpha value is -2.77. The van der Waals surface area contributed by atoms with Crippen molar-refractivity contribution in [3.63, 3.8) is 0 Å². The lowest BCUT2D eigenvalue weighted by Crippen LogP contribution is -2.34. The standard InChI is InChI=1S/C21H18BrN3O2S/c1-27-19-7-4-16(13-18(19)22)20(26)25-21(28)24-17-5-2-14(3-6-17)12-15-8-10-23-11-9-15/h2-11,13H,12H2,1H3,(H2,24,25,26,28). The summed E-state index contributed by atoms with van der Waals surface area (Å²) in [5.41, 5.74) is 3.66. The summed E-state index contributed by atoms with van der Waals surface area (Å²) < 4.78 is 5.87. The van der Waals surface area contributed by atoms with Crippen molar-refractivity contribution in [2.75, 3.05) is 12.4 Å². The Bertz CT molecular complexity index is 979. The number of rotatable bonds is 5. The first-order chi connectivity index (χ1) is 13.5. The number of nitrogens with zero attached hydrogens (tertiary/aromatic N) is 1. The van der Waals surface area contributed by atoms with Crippen molar-refractivity contribution in [2.45, 2.75) is 6.42 Å². The molecule has 1 aromatic heterocycles. The van der Waals surface area contributed by atoms with Gasteiger partial charge >= 0.3 is 0 Å². The number of methoxy groups -OCH3 is 1. The first-order valence-electron chi connectivity index (χ1n) is 8.49. The molecule has 2 aromatic carbocycles. The Kier molecular flexibility index (Phi) is 6.73. The molecular weight excluding hydrogens is 438 g/mol. The third-order valence-corrected chi connectivity index (χ3v) is 4.83. The molecule has 1 heterocycles. The van der Waals surface area contributed by atoms with Crippen molar-refractivity contribution in [2.24, 2.45) is 0 Å². The zero-order valence-electron chi connectivity index (χ0n) is 15.1. The fourth-order valence-corrected chi connectivity index (χ4v) is 3.34. The lowest BCUT2D eigenvalue weighted by Gasteiger charge is -2.11. The van der Waals surface area contributed by atoms with Crippen LogP contribution in [0.5, 0.6) is 5.75 Å². The van der Waals surface area contributed by atoms with Crippen LogP contribution in [-0.4, -0.2) is 23.1 Å². The van der Waals surface area contributed by atoms with Gasteiger partial charge in [0.25, 0.3) is 5.91 Å². The number of amides is 1. The molecule has 3 aromatic rings. The third-order valence-electron chi connectivity index (χ3n) is 4.01. The van der Waals surface area contributed by atoms with E-state index < -0.39 is 0 Å². The minimum Gasteiger partial charge on any atom is -0.496 e. The van der Waals surface area contributed by atoms with Gasteiger partial charge < -0.3 is 10.1 Å². The molecule has 1 amide bonds. The Morgan fingerprint density at radius 2 is 1.75 bits per heavy atom. The van der Waals surface area contributed by atoms with Gasteiger partial charge in [0.1, 0.15) is 5.75 Å². The zero-order valence-corrected chi connectivity index (χ0v) is 17.5. The highest BCUT2D eigenvalue weighted by Gasteiger charge is 2.10. The minimum atomic E-state index is -0.296. The van der Waals surface area contributed by atoms with E-state index in [1.165, 1.54) is 11.1 Å². The quantitative estimate of drug-likeness (QED) is 0.551. The fourth-order valence-electron chi connectivity index (χ4n) is 2.59. The molecule has 0 fully saturated rings. The summed E-state index contributed by atoms with van der Waals surface area (Å²) in [5, 5.41) is 5.94. The number of aromatic nitrogens is 1. The van der Waals surface area contributed by atoms with Crippen LogP contribution >= 0.6 is 28.1 Å². The molecule has 7 heteroatoms. The number of hydrogen-bond donors (Lipinski definition) is 2. The smallest absolute Gasteiger partial charge is 0.257 e. The molecular formula is C21H18BrN3O2S. The molecule has 28 heavy (non-hydrogen) atoms. The van der Waals surface area contributed by atoms with Crippen LogP contribution < -0.4 is 15.4 Å². The Morgan fingerprint density at radius 3 is 2.39 bits per heavy atom. The molecule has 142 valence electrons. The lowest BCUT2D eigenvalue weighted by atomic mass is 10.1. The summed E-state index contributed by atoms with van der Waals surface area (Å²) in [6.07, 6.45) is 4.40. The van der Waals surface area contributed by atoms with E-state index in [-0.39, 0.29) is 11.0 Å². The van der Waals surface area contributed by atoms with E-state index in [2.05, 4.69) is 31.5 Å². The monoisotopic (exact) mass is 455 g/mol. The van der Waals surface area contributed by atoms with Crippen molar-refractivity contribution >= 4 is 44.9 Å². The molecule has 2 N–H and O–H groups in total. The topological polar surface area (TPSA) is 63.2 Å². The van der Waals surface area contributed by atoms with Crippen molar-refractivity contribution in [1.29, 1.82) is 0 Å². The number of pyridine rings is 1. The van der Waals surface area contributed by atoms with Crippen LogP contribution in [0.15, 0.2) is 71.5 Å². The van der Waals surface area contributed by atoms with Gasteiger partial charge in [-0.15, -0.1) is 0 Å². The van der Waals surface area contributed by atoms with E-state index >= 15 is 0 Å². The number of nitrogens with one attached hydrogen (secondary N) is 2. The molecule has 0 atom stereocenters. The molecule has 0 aliphatic heterocycles. The number of carbonyl (C=O) groups excluding carboxylic acids is 1. The third kappa shape index (κ3) is 5.37. The summed E-state index contributed by atoms with van der Waals surface area (Å²) >= 11 is 8.61. The average Bonchev–Trinajstić information content (AvgIpc) is 2.70. The fraction of sp³-hybridized carbons (Fsp3) is 0.0952. The maximum atomic E-state index is 12.3. The van der Waals surface area contributed by atoms with Gasteiger partial charge in [-0.25, -0.2) is 0 Å². The van der Waals surface area contributed by atoms with Gasteiger partial charge in [-0.1, -0.05) is 12.1 Å². The minimum absolute atomic E-state index is 0.235. The van der Waals surface area contributed by atoms with Crippen molar-refractivity contribution in [3.05, 3.63) is 88.2 Å². The number of benzene rings is 2. The second kappa shape index (κ2) is 9.43. The van der Waals surface area contributed by atoms with Crippen LogP contribution in [0.25, 0.3) is 0 Å². The number of carbonyl (C=O) groups is 1. The summed E-state index contributed by atoms with van der Waals surface area (Å²) in [5.74, 6) is 0.360. The number of halogens is 1. The van der Waals surface area contributed by atoms with Crippen LogP contribution in [0.4, 0.5) is 5.69 Å². The Morgan fingerprint density at radius 1 is 1.07 bits per heavy atom. The summed E-state index contributed by atoms with van der Waals surface area (Å²) in [6, 6.07) is 17.0. The SMILES string of the molecule is COc1ccc(C(=O)NC(=S)Nc2ccc(Cc3ccncc3)cc2)cc1Br. The lowest BCUT2D eigenvalue weighted by molar-refractivity contribution is 0.0977. The second-order valence-electron chi connectivity index (χ2n) is 5.99.